The Labute approximate surface area is 170 Å². The van der Waals surface area contributed by atoms with Gasteiger partial charge in [-0.3, -0.25) is 14.6 Å². The quantitative estimate of drug-likeness (QED) is 0.723. The third kappa shape index (κ3) is 3.82. The molecule has 4 unspecified atom stereocenters. The van der Waals surface area contributed by atoms with Crippen molar-refractivity contribution >= 4 is 17.5 Å². The second-order valence-electron chi connectivity index (χ2n) is 7.96. The van der Waals surface area contributed by atoms with E-state index < -0.39 is 0 Å². The van der Waals surface area contributed by atoms with Crippen LogP contribution in [0.5, 0.6) is 11.5 Å². The van der Waals surface area contributed by atoms with Gasteiger partial charge in [-0.1, -0.05) is 6.07 Å². The number of pyridine rings is 1. The summed E-state index contributed by atoms with van der Waals surface area (Å²) in [4.78, 5) is 28.7. The van der Waals surface area contributed by atoms with Crippen molar-refractivity contribution in [3.8, 4) is 11.5 Å². The van der Waals surface area contributed by atoms with Crippen LogP contribution in [-0.2, 0) is 4.79 Å². The van der Waals surface area contributed by atoms with Gasteiger partial charge in [-0.05, 0) is 55.7 Å². The van der Waals surface area contributed by atoms with E-state index >= 15 is 0 Å². The average molecular weight is 394 g/mol. The number of rotatable bonds is 5. The van der Waals surface area contributed by atoms with Gasteiger partial charge in [0, 0.05) is 37.1 Å². The molecule has 2 amide bonds. The third-order valence-electron chi connectivity index (χ3n) is 6.16. The summed E-state index contributed by atoms with van der Waals surface area (Å²) in [7, 11) is 1.55. The van der Waals surface area contributed by atoms with Gasteiger partial charge in [0.25, 0.3) is 5.91 Å². The molecule has 0 aliphatic heterocycles. The molecule has 0 spiro atoms. The molecule has 2 saturated carbocycles. The lowest BCUT2D eigenvalue weighted by Gasteiger charge is -2.27. The Balaban J connectivity index is 1.49. The molecule has 2 aromatic rings. The standard InChI is InChI=1S/C22H26N4O3/c1-12-3-6-15(26-22(28)19-13-4-5-14(9-13)20(19)23)10-18(12)29-16-7-8-25-17(11-16)21(27)24-2/h3,6-8,10-11,13-14,19-20H,4-5,9,23H2,1-2H3,(H,24,27)(H,26,28). The van der Waals surface area contributed by atoms with Gasteiger partial charge in [-0.25, -0.2) is 0 Å². The molecular weight excluding hydrogens is 368 g/mol. The zero-order valence-corrected chi connectivity index (χ0v) is 16.6. The van der Waals surface area contributed by atoms with Crippen LogP contribution in [0.2, 0.25) is 0 Å². The predicted molar refractivity (Wildman–Crippen MR) is 110 cm³/mol. The summed E-state index contributed by atoms with van der Waals surface area (Å²) in [6.45, 7) is 1.92. The van der Waals surface area contributed by atoms with Crippen LogP contribution in [0.25, 0.3) is 0 Å². The van der Waals surface area contributed by atoms with E-state index in [1.54, 1.807) is 25.2 Å². The monoisotopic (exact) mass is 394 g/mol. The number of nitrogens with two attached hydrogens (primary N) is 1. The van der Waals surface area contributed by atoms with Crippen LogP contribution in [0.1, 0.15) is 35.3 Å². The Morgan fingerprint density at radius 2 is 1.97 bits per heavy atom. The van der Waals surface area contributed by atoms with Gasteiger partial charge in [0.1, 0.15) is 17.2 Å². The van der Waals surface area contributed by atoms with Crippen LogP contribution < -0.4 is 21.1 Å². The minimum atomic E-state index is -0.282. The van der Waals surface area contributed by atoms with Gasteiger partial charge in [0.2, 0.25) is 5.91 Å². The normalized spacial score (nSPS) is 24.9. The number of carbonyl (C=O) groups excluding carboxylic acids is 2. The highest BCUT2D eigenvalue weighted by Crippen LogP contribution is 2.48. The predicted octanol–water partition coefficient (Wildman–Crippen LogP) is 2.85. The van der Waals surface area contributed by atoms with Crippen molar-refractivity contribution in [1.82, 2.24) is 10.3 Å². The zero-order valence-electron chi connectivity index (χ0n) is 16.6. The number of hydrogen-bond acceptors (Lipinski definition) is 5. The van der Waals surface area contributed by atoms with Gasteiger partial charge >= 0.3 is 0 Å². The maximum atomic E-state index is 12.8. The van der Waals surface area contributed by atoms with Crippen molar-refractivity contribution in [1.29, 1.82) is 0 Å². The average Bonchev–Trinajstić information content (AvgIpc) is 3.31. The summed E-state index contributed by atoms with van der Waals surface area (Å²) >= 11 is 0. The molecule has 29 heavy (non-hydrogen) atoms. The van der Waals surface area contributed by atoms with Crippen molar-refractivity contribution in [2.45, 2.75) is 32.2 Å². The van der Waals surface area contributed by atoms with Crippen molar-refractivity contribution in [2.24, 2.45) is 23.5 Å². The first-order chi connectivity index (χ1) is 14.0. The van der Waals surface area contributed by atoms with E-state index in [1.165, 1.54) is 6.20 Å². The summed E-state index contributed by atoms with van der Waals surface area (Å²) in [5.41, 5.74) is 8.16. The number of hydrogen-bond donors (Lipinski definition) is 3. The maximum absolute atomic E-state index is 12.8. The number of fused-ring (bicyclic) bond motifs is 2. The molecule has 1 aromatic heterocycles. The SMILES string of the molecule is CNC(=O)c1cc(Oc2cc(NC(=O)C3C4CCC(C4)C3N)ccc2C)ccn1. The van der Waals surface area contributed by atoms with Crippen molar-refractivity contribution in [2.75, 3.05) is 12.4 Å². The number of amides is 2. The minimum Gasteiger partial charge on any atom is -0.457 e. The molecule has 4 rings (SSSR count). The van der Waals surface area contributed by atoms with Crippen molar-refractivity contribution < 1.29 is 14.3 Å². The Morgan fingerprint density at radius 3 is 2.69 bits per heavy atom. The fourth-order valence-electron chi connectivity index (χ4n) is 4.59. The first-order valence-corrected chi connectivity index (χ1v) is 9.99. The number of aryl methyl sites for hydroxylation is 1. The Kier molecular flexibility index (Phi) is 5.24. The molecule has 2 fully saturated rings. The number of ether oxygens (including phenoxy) is 1. The number of anilines is 1. The van der Waals surface area contributed by atoms with Crippen LogP contribution >= 0.6 is 0 Å². The van der Waals surface area contributed by atoms with E-state index in [0.29, 0.717) is 29.0 Å². The van der Waals surface area contributed by atoms with Gasteiger partial charge in [0.05, 0.1) is 5.92 Å². The summed E-state index contributed by atoms with van der Waals surface area (Å²) in [5.74, 6) is 1.58. The highest BCUT2D eigenvalue weighted by molar-refractivity contribution is 5.94. The van der Waals surface area contributed by atoms with Crippen molar-refractivity contribution in [3.63, 3.8) is 0 Å². The third-order valence-corrected chi connectivity index (χ3v) is 6.16. The van der Waals surface area contributed by atoms with E-state index in [9.17, 15) is 9.59 Å². The van der Waals surface area contributed by atoms with Crippen molar-refractivity contribution in [3.05, 3.63) is 47.8 Å². The molecule has 4 N–H and O–H groups in total. The Morgan fingerprint density at radius 1 is 1.17 bits per heavy atom. The van der Waals surface area contributed by atoms with E-state index in [-0.39, 0.29) is 29.5 Å². The highest BCUT2D eigenvalue weighted by Gasteiger charge is 2.49. The summed E-state index contributed by atoms with van der Waals surface area (Å²) < 4.78 is 5.97. The number of aromatic nitrogens is 1. The molecule has 4 atom stereocenters. The molecule has 2 aliphatic rings. The van der Waals surface area contributed by atoms with E-state index in [0.717, 1.165) is 24.8 Å². The largest absolute Gasteiger partial charge is 0.457 e. The first-order valence-electron chi connectivity index (χ1n) is 9.99. The van der Waals surface area contributed by atoms with E-state index in [2.05, 4.69) is 15.6 Å². The van der Waals surface area contributed by atoms with Gasteiger partial charge < -0.3 is 21.1 Å². The molecule has 0 radical (unpaired) electrons. The number of nitrogens with one attached hydrogen (secondary N) is 2. The Hall–Kier alpha value is -2.93. The smallest absolute Gasteiger partial charge is 0.269 e. The lowest BCUT2D eigenvalue weighted by atomic mass is 9.84. The minimum absolute atomic E-state index is 0.00897. The molecule has 7 nitrogen and oxygen atoms in total. The number of benzene rings is 1. The molecule has 1 heterocycles. The van der Waals surface area contributed by atoms with Gasteiger partial charge in [-0.2, -0.15) is 0 Å². The highest BCUT2D eigenvalue weighted by atomic mass is 16.5. The second kappa shape index (κ2) is 7.83. The molecule has 2 bridgehead atoms. The summed E-state index contributed by atoms with van der Waals surface area (Å²) in [5, 5.41) is 5.56. The molecule has 2 aliphatic carbocycles. The topological polar surface area (TPSA) is 106 Å². The second-order valence-corrected chi connectivity index (χ2v) is 7.96. The molecule has 7 heteroatoms. The first kappa shape index (κ1) is 19.4. The molecule has 152 valence electrons. The number of carbonyl (C=O) groups is 2. The Bertz CT molecular complexity index is 943. The van der Waals surface area contributed by atoms with Crippen LogP contribution in [0.3, 0.4) is 0 Å². The van der Waals surface area contributed by atoms with Crippen LogP contribution in [0, 0.1) is 24.7 Å². The van der Waals surface area contributed by atoms with Gasteiger partial charge in [-0.15, -0.1) is 0 Å². The molecular formula is C22H26N4O3. The maximum Gasteiger partial charge on any atom is 0.269 e. The lowest BCUT2D eigenvalue weighted by Crippen LogP contribution is -2.42. The zero-order chi connectivity index (χ0) is 20.5. The summed E-state index contributed by atoms with van der Waals surface area (Å²) in [6, 6.07) is 8.78. The fourth-order valence-corrected chi connectivity index (χ4v) is 4.59. The number of nitrogens with zero attached hydrogens (tertiary/aromatic N) is 1. The molecule has 0 saturated heterocycles. The van der Waals surface area contributed by atoms with Crippen LogP contribution in [0.15, 0.2) is 36.5 Å². The fraction of sp³-hybridized carbons (Fsp3) is 0.409. The van der Waals surface area contributed by atoms with E-state index in [4.69, 9.17) is 10.5 Å². The summed E-state index contributed by atoms with van der Waals surface area (Å²) in [6.07, 6.45) is 4.82. The van der Waals surface area contributed by atoms with Crippen LogP contribution in [0.4, 0.5) is 5.69 Å². The molecule has 1 aromatic carbocycles. The van der Waals surface area contributed by atoms with E-state index in [1.807, 2.05) is 19.1 Å². The lowest BCUT2D eigenvalue weighted by molar-refractivity contribution is -0.121. The van der Waals surface area contributed by atoms with Gasteiger partial charge in [0.15, 0.2) is 0 Å². The van der Waals surface area contributed by atoms with Crippen LogP contribution in [-0.4, -0.2) is 29.9 Å².